The fourth-order valence-corrected chi connectivity index (χ4v) is 2.29. The van der Waals surface area contributed by atoms with E-state index < -0.39 is 5.91 Å². The highest BCUT2D eigenvalue weighted by atomic mass is 16.2. The summed E-state index contributed by atoms with van der Waals surface area (Å²) in [5, 5.41) is 6.31. The first kappa shape index (κ1) is 13.5. The van der Waals surface area contributed by atoms with Gasteiger partial charge >= 0.3 is 0 Å². The predicted molar refractivity (Wildman–Crippen MR) is 72.9 cm³/mol. The van der Waals surface area contributed by atoms with E-state index in [9.17, 15) is 9.59 Å². The number of benzene rings is 1. The van der Waals surface area contributed by atoms with Gasteiger partial charge in [-0.1, -0.05) is 13.0 Å². The third-order valence-corrected chi connectivity index (χ3v) is 3.51. The van der Waals surface area contributed by atoms with Gasteiger partial charge in [0.2, 0.25) is 5.91 Å². The van der Waals surface area contributed by atoms with E-state index in [1.165, 1.54) is 6.07 Å². The van der Waals surface area contributed by atoms with Gasteiger partial charge in [0.25, 0.3) is 5.91 Å². The Balaban J connectivity index is 2.07. The van der Waals surface area contributed by atoms with Crippen molar-refractivity contribution in [3.05, 3.63) is 35.4 Å². The van der Waals surface area contributed by atoms with Crippen molar-refractivity contribution in [2.75, 3.05) is 13.1 Å². The number of rotatable bonds is 3. The molecule has 1 aliphatic rings. The van der Waals surface area contributed by atoms with Crippen LogP contribution in [0.15, 0.2) is 24.3 Å². The Morgan fingerprint density at radius 3 is 2.79 bits per heavy atom. The Hall–Kier alpha value is -1.88. The van der Waals surface area contributed by atoms with Gasteiger partial charge in [-0.05, 0) is 43.6 Å². The summed E-state index contributed by atoms with van der Waals surface area (Å²) in [5.41, 5.74) is 6.04. The third-order valence-electron chi connectivity index (χ3n) is 3.51. The first-order valence-electron chi connectivity index (χ1n) is 6.49. The molecule has 2 amide bonds. The summed E-state index contributed by atoms with van der Waals surface area (Å²) in [6, 6.07) is 6.66. The van der Waals surface area contributed by atoms with E-state index >= 15 is 0 Å². The fraction of sp³-hybridized carbons (Fsp3) is 0.429. The lowest BCUT2D eigenvalue weighted by Crippen LogP contribution is -2.48. The minimum Gasteiger partial charge on any atom is -0.366 e. The topological polar surface area (TPSA) is 84.2 Å². The molecule has 1 fully saturated rings. The van der Waals surface area contributed by atoms with Crippen molar-refractivity contribution in [1.82, 2.24) is 10.6 Å². The molecule has 4 N–H and O–H groups in total. The van der Waals surface area contributed by atoms with Gasteiger partial charge < -0.3 is 16.4 Å². The second-order valence-corrected chi connectivity index (χ2v) is 5.00. The lowest BCUT2D eigenvalue weighted by Gasteiger charge is -2.30. The van der Waals surface area contributed by atoms with Crippen molar-refractivity contribution in [2.45, 2.75) is 19.4 Å². The van der Waals surface area contributed by atoms with Crippen molar-refractivity contribution in [3.8, 4) is 0 Å². The van der Waals surface area contributed by atoms with Crippen LogP contribution in [0.25, 0.3) is 0 Å². The molecule has 1 aromatic carbocycles. The number of hydrogen-bond donors (Lipinski definition) is 3. The molecule has 102 valence electrons. The summed E-state index contributed by atoms with van der Waals surface area (Å²) < 4.78 is 0. The van der Waals surface area contributed by atoms with E-state index in [-0.39, 0.29) is 11.9 Å². The molecule has 1 aliphatic heterocycles. The zero-order chi connectivity index (χ0) is 13.8. The van der Waals surface area contributed by atoms with Crippen LogP contribution in [0.1, 0.15) is 34.1 Å². The number of primary amides is 1. The molecule has 2 rings (SSSR count). The van der Waals surface area contributed by atoms with Gasteiger partial charge in [-0.15, -0.1) is 0 Å². The monoisotopic (exact) mass is 261 g/mol. The second-order valence-electron chi connectivity index (χ2n) is 5.00. The second kappa shape index (κ2) is 5.84. The van der Waals surface area contributed by atoms with Crippen LogP contribution in [-0.2, 0) is 0 Å². The SMILES string of the molecule is CC1CNCCC1NC(=O)c1cccc(C(N)=O)c1. The molecule has 0 saturated carbocycles. The van der Waals surface area contributed by atoms with E-state index in [4.69, 9.17) is 5.73 Å². The summed E-state index contributed by atoms with van der Waals surface area (Å²) in [6.45, 7) is 3.93. The Morgan fingerprint density at radius 2 is 2.11 bits per heavy atom. The van der Waals surface area contributed by atoms with E-state index in [0.29, 0.717) is 17.0 Å². The Labute approximate surface area is 112 Å². The zero-order valence-corrected chi connectivity index (χ0v) is 11.0. The van der Waals surface area contributed by atoms with Crippen LogP contribution in [0.4, 0.5) is 0 Å². The number of nitrogens with one attached hydrogen (secondary N) is 2. The van der Waals surface area contributed by atoms with Crippen molar-refractivity contribution in [2.24, 2.45) is 11.7 Å². The van der Waals surface area contributed by atoms with E-state index in [1.54, 1.807) is 18.2 Å². The number of piperidine rings is 1. The molecule has 2 atom stereocenters. The molecule has 1 heterocycles. The molecule has 0 spiro atoms. The summed E-state index contributed by atoms with van der Waals surface area (Å²) in [7, 11) is 0. The summed E-state index contributed by atoms with van der Waals surface area (Å²) >= 11 is 0. The van der Waals surface area contributed by atoms with Gasteiger partial charge in [-0.3, -0.25) is 9.59 Å². The molecule has 5 heteroatoms. The van der Waals surface area contributed by atoms with Crippen LogP contribution < -0.4 is 16.4 Å². The minimum atomic E-state index is -0.523. The Kier molecular flexibility index (Phi) is 4.16. The first-order valence-corrected chi connectivity index (χ1v) is 6.49. The van der Waals surface area contributed by atoms with Gasteiger partial charge in [0, 0.05) is 17.2 Å². The minimum absolute atomic E-state index is 0.151. The molecular formula is C14H19N3O2. The molecule has 1 aromatic rings. The van der Waals surface area contributed by atoms with Crippen LogP contribution in [-0.4, -0.2) is 30.9 Å². The van der Waals surface area contributed by atoms with Gasteiger partial charge in [-0.25, -0.2) is 0 Å². The van der Waals surface area contributed by atoms with E-state index in [1.807, 2.05) is 0 Å². The van der Waals surface area contributed by atoms with Crippen molar-refractivity contribution >= 4 is 11.8 Å². The average molecular weight is 261 g/mol. The highest BCUT2D eigenvalue weighted by Gasteiger charge is 2.23. The number of carbonyl (C=O) groups excluding carboxylic acids is 2. The summed E-state index contributed by atoms with van der Waals surface area (Å²) in [5.74, 6) is -0.274. The van der Waals surface area contributed by atoms with E-state index in [2.05, 4.69) is 17.6 Å². The summed E-state index contributed by atoms with van der Waals surface area (Å²) in [6.07, 6.45) is 0.919. The highest BCUT2D eigenvalue weighted by molar-refractivity contribution is 5.99. The Morgan fingerprint density at radius 1 is 1.37 bits per heavy atom. The normalized spacial score (nSPS) is 22.8. The summed E-state index contributed by atoms with van der Waals surface area (Å²) in [4.78, 5) is 23.2. The first-order chi connectivity index (χ1) is 9.08. The molecule has 0 radical (unpaired) electrons. The molecule has 5 nitrogen and oxygen atoms in total. The molecule has 1 saturated heterocycles. The number of hydrogen-bond acceptors (Lipinski definition) is 3. The van der Waals surface area contributed by atoms with Crippen LogP contribution >= 0.6 is 0 Å². The standard InChI is InChI=1S/C14H19N3O2/c1-9-8-16-6-5-12(9)17-14(19)11-4-2-3-10(7-11)13(15)18/h2-4,7,9,12,16H,5-6,8H2,1H3,(H2,15,18)(H,17,19). The lowest BCUT2D eigenvalue weighted by molar-refractivity contribution is 0.0914. The molecule has 19 heavy (non-hydrogen) atoms. The van der Waals surface area contributed by atoms with Crippen molar-refractivity contribution < 1.29 is 9.59 Å². The van der Waals surface area contributed by atoms with E-state index in [0.717, 1.165) is 19.5 Å². The fourth-order valence-electron chi connectivity index (χ4n) is 2.29. The van der Waals surface area contributed by atoms with Gasteiger partial charge in [0.15, 0.2) is 0 Å². The highest BCUT2D eigenvalue weighted by Crippen LogP contribution is 2.12. The maximum atomic E-state index is 12.1. The van der Waals surface area contributed by atoms with Crippen LogP contribution in [0, 0.1) is 5.92 Å². The number of nitrogens with two attached hydrogens (primary N) is 1. The zero-order valence-electron chi connectivity index (χ0n) is 11.0. The third kappa shape index (κ3) is 3.32. The predicted octanol–water partition coefficient (Wildman–Crippen LogP) is 0.513. The quantitative estimate of drug-likeness (QED) is 0.741. The molecule has 0 aliphatic carbocycles. The largest absolute Gasteiger partial charge is 0.366 e. The average Bonchev–Trinajstić information content (AvgIpc) is 2.41. The molecular weight excluding hydrogens is 242 g/mol. The molecule has 0 bridgehead atoms. The van der Waals surface area contributed by atoms with Gasteiger partial charge in [0.05, 0.1) is 0 Å². The van der Waals surface area contributed by atoms with Crippen molar-refractivity contribution in [1.29, 1.82) is 0 Å². The van der Waals surface area contributed by atoms with Crippen LogP contribution in [0.5, 0.6) is 0 Å². The van der Waals surface area contributed by atoms with Crippen molar-refractivity contribution in [3.63, 3.8) is 0 Å². The Bertz CT molecular complexity index is 487. The van der Waals surface area contributed by atoms with Crippen LogP contribution in [0.3, 0.4) is 0 Å². The number of carbonyl (C=O) groups is 2. The van der Waals surface area contributed by atoms with Gasteiger partial charge in [-0.2, -0.15) is 0 Å². The van der Waals surface area contributed by atoms with Crippen LogP contribution in [0.2, 0.25) is 0 Å². The number of amides is 2. The maximum Gasteiger partial charge on any atom is 0.251 e. The van der Waals surface area contributed by atoms with Gasteiger partial charge in [0.1, 0.15) is 0 Å². The smallest absolute Gasteiger partial charge is 0.251 e. The molecule has 0 aromatic heterocycles. The lowest BCUT2D eigenvalue weighted by atomic mass is 9.95. The maximum absolute atomic E-state index is 12.1. The molecule has 2 unspecified atom stereocenters.